The fourth-order valence-corrected chi connectivity index (χ4v) is 3.78. The van der Waals surface area contributed by atoms with Gasteiger partial charge in [-0.15, -0.1) is 0 Å². The molecule has 1 aromatic rings. The van der Waals surface area contributed by atoms with E-state index >= 15 is 0 Å². The van der Waals surface area contributed by atoms with Gasteiger partial charge in [0.05, 0.1) is 10.8 Å². The van der Waals surface area contributed by atoms with Crippen LogP contribution in [0.15, 0.2) is 35.2 Å². The Morgan fingerprint density at radius 3 is 2.63 bits per heavy atom. The zero-order valence-corrected chi connectivity index (χ0v) is 10.9. The van der Waals surface area contributed by atoms with E-state index in [1.807, 2.05) is 0 Å². The summed E-state index contributed by atoms with van der Waals surface area (Å²) in [6.45, 7) is 0. The third-order valence-corrected chi connectivity index (χ3v) is 5.23. The first-order valence-corrected chi connectivity index (χ1v) is 7.41. The fraction of sp³-hybridized carbons (Fsp3) is 0.308. The van der Waals surface area contributed by atoms with Crippen molar-refractivity contribution in [1.82, 2.24) is 0 Å². The molecule has 102 valence electrons. The zero-order valence-electron chi connectivity index (χ0n) is 10.0. The Bertz CT molecular complexity index is 634. The topological polar surface area (TPSA) is 71.4 Å². The van der Waals surface area contributed by atoms with Crippen LogP contribution >= 0.6 is 0 Å². The number of carboxylic acid groups (broad SMARTS) is 1. The predicted molar refractivity (Wildman–Crippen MR) is 67.3 cm³/mol. The molecule has 0 aromatic heterocycles. The number of hydrogen-bond acceptors (Lipinski definition) is 3. The van der Waals surface area contributed by atoms with Gasteiger partial charge in [0.25, 0.3) is 0 Å². The van der Waals surface area contributed by atoms with Crippen LogP contribution in [0.2, 0.25) is 0 Å². The monoisotopic (exact) mass is 284 g/mol. The maximum atomic E-state index is 13.8. The summed E-state index contributed by atoms with van der Waals surface area (Å²) < 4.78 is 38.3. The first-order valence-electron chi connectivity index (χ1n) is 5.86. The van der Waals surface area contributed by atoms with E-state index in [0.717, 1.165) is 31.0 Å². The molecule has 0 spiro atoms. The SMILES string of the molecule is O=C(O)c1ccc(S(=O)(=O)C2C=CCCC2)c(F)c1. The van der Waals surface area contributed by atoms with Crippen molar-refractivity contribution in [3.63, 3.8) is 0 Å². The minimum Gasteiger partial charge on any atom is -0.478 e. The number of rotatable bonds is 3. The molecule has 1 aliphatic rings. The molecular formula is C13H13FO4S. The van der Waals surface area contributed by atoms with Crippen LogP contribution in [0.25, 0.3) is 0 Å². The van der Waals surface area contributed by atoms with Crippen molar-refractivity contribution >= 4 is 15.8 Å². The molecule has 6 heteroatoms. The van der Waals surface area contributed by atoms with Gasteiger partial charge in [-0.1, -0.05) is 12.2 Å². The van der Waals surface area contributed by atoms with Gasteiger partial charge in [-0.05, 0) is 37.5 Å². The van der Waals surface area contributed by atoms with Crippen molar-refractivity contribution in [1.29, 1.82) is 0 Å². The Hall–Kier alpha value is -1.69. The van der Waals surface area contributed by atoms with Crippen LogP contribution in [0.4, 0.5) is 4.39 Å². The van der Waals surface area contributed by atoms with Crippen LogP contribution in [0.5, 0.6) is 0 Å². The van der Waals surface area contributed by atoms with Gasteiger partial charge in [0.15, 0.2) is 9.84 Å². The lowest BCUT2D eigenvalue weighted by atomic mass is 10.1. The molecule has 0 aliphatic heterocycles. The Morgan fingerprint density at radius 2 is 2.11 bits per heavy atom. The number of halogens is 1. The first-order chi connectivity index (χ1) is 8.93. The maximum absolute atomic E-state index is 13.8. The molecule has 0 saturated carbocycles. The van der Waals surface area contributed by atoms with Gasteiger partial charge in [-0.25, -0.2) is 17.6 Å². The summed E-state index contributed by atoms with van der Waals surface area (Å²) in [5.41, 5.74) is -0.268. The Balaban J connectivity index is 2.43. The van der Waals surface area contributed by atoms with Gasteiger partial charge in [-0.3, -0.25) is 0 Å². The third kappa shape index (κ3) is 2.68. The van der Waals surface area contributed by atoms with E-state index in [9.17, 15) is 17.6 Å². The minimum atomic E-state index is -3.79. The first kappa shape index (κ1) is 13.7. The highest BCUT2D eigenvalue weighted by molar-refractivity contribution is 7.92. The molecule has 19 heavy (non-hydrogen) atoms. The number of carbonyl (C=O) groups is 1. The highest BCUT2D eigenvalue weighted by atomic mass is 32.2. The molecule has 1 aromatic carbocycles. The molecule has 1 aliphatic carbocycles. The number of allylic oxidation sites excluding steroid dienone is 1. The van der Waals surface area contributed by atoms with Crippen LogP contribution in [-0.2, 0) is 9.84 Å². The second-order valence-electron chi connectivity index (χ2n) is 4.39. The van der Waals surface area contributed by atoms with E-state index in [2.05, 4.69) is 0 Å². The number of carboxylic acids is 1. The Kier molecular flexibility index (Phi) is 3.71. The molecule has 0 heterocycles. The predicted octanol–water partition coefficient (Wildman–Crippen LogP) is 2.41. The molecule has 4 nitrogen and oxygen atoms in total. The molecule has 2 rings (SSSR count). The summed E-state index contributed by atoms with van der Waals surface area (Å²) in [5.74, 6) is -2.31. The van der Waals surface area contributed by atoms with Crippen LogP contribution < -0.4 is 0 Å². The summed E-state index contributed by atoms with van der Waals surface area (Å²) in [6, 6.07) is 2.86. The van der Waals surface area contributed by atoms with Crippen molar-refractivity contribution in [2.45, 2.75) is 29.4 Å². The van der Waals surface area contributed by atoms with Gasteiger partial charge >= 0.3 is 5.97 Å². The van der Waals surface area contributed by atoms with E-state index in [0.29, 0.717) is 6.42 Å². The Labute approximate surface area is 110 Å². The molecule has 0 fully saturated rings. The maximum Gasteiger partial charge on any atom is 0.335 e. The van der Waals surface area contributed by atoms with Crippen molar-refractivity contribution in [2.75, 3.05) is 0 Å². The van der Waals surface area contributed by atoms with Gasteiger partial charge in [0.2, 0.25) is 0 Å². The Morgan fingerprint density at radius 1 is 1.37 bits per heavy atom. The second kappa shape index (κ2) is 5.13. The van der Waals surface area contributed by atoms with E-state index < -0.39 is 31.8 Å². The second-order valence-corrected chi connectivity index (χ2v) is 6.53. The average molecular weight is 284 g/mol. The summed E-state index contributed by atoms with van der Waals surface area (Å²) in [6.07, 6.45) is 5.37. The number of sulfone groups is 1. The summed E-state index contributed by atoms with van der Waals surface area (Å²) in [5, 5.41) is 7.99. The largest absolute Gasteiger partial charge is 0.478 e. The number of benzene rings is 1. The lowest BCUT2D eigenvalue weighted by molar-refractivity contribution is 0.0696. The normalized spacial score (nSPS) is 19.3. The van der Waals surface area contributed by atoms with Gasteiger partial charge in [-0.2, -0.15) is 0 Å². The van der Waals surface area contributed by atoms with Crippen LogP contribution in [0, 0.1) is 5.82 Å². The third-order valence-electron chi connectivity index (χ3n) is 3.09. The smallest absolute Gasteiger partial charge is 0.335 e. The highest BCUT2D eigenvalue weighted by Crippen LogP contribution is 2.26. The zero-order chi connectivity index (χ0) is 14.0. The fourth-order valence-electron chi connectivity index (χ4n) is 2.07. The molecule has 1 atom stereocenters. The van der Waals surface area contributed by atoms with Crippen molar-refractivity contribution in [3.05, 3.63) is 41.7 Å². The van der Waals surface area contributed by atoms with Crippen LogP contribution in [-0.4, -0.2) is 24.7 Å². The number of hydrogen-bond donors (Lipinski definition) is 1. The van der Waals surface area contributed by atoms with Crippen molar-refractivity contribution in [3.8, 4) is 0 Å². The molecule has 0 radical (unpaired) electrons. The van der Waals surface area contributed by atoms with Gasteiger partial charge in [0.1, 0.15) is 10.7 Å². The lowest BCUT2D eigenvalue weighted by Crippen LogP contribution is -2.22. The van der Waals surface area contributed by atoms with E-state index in [1.54, 1.807) is 12.2 Å². The summed E-state index contributed by atoms with van der Waals surface area (Å²) in [4.78, 5) is 10.3. The highest BCUT2D eigenvalue weighted by Gasteiger charge is 2.29. The molecule has 0 saturated heterocycles. The molecule has 1 N–H and O–H groups in total. The average Bonchev–Trinajstić information content (AvgIpc) is 2.39. The minimum absolute atomic E-state index is 0.268. The van der Waals surface area contributed by atoms with Crippen molar-refractivity contribution < 1.29 is 22.7 Å². The van der Waals surface area contributed by atoms with Crippen molar-refractivity contribution in [2.24, 2.45) is 0 Å². The molecule has 1 unspecified atom stereocenters. The summed E-state index contributed by atoms with van der Waals surface area (Å²) in [7, 11) is -3.79. The molecule has 0 amide bonds. The quantitative estimate of drug-likeness (QED) is 0.865. The van der Waals surface area contributed by atoms with Gasteiger partial charge in [0, 0.05) is 0 Å². The van der Waals surface area contributed by atoms with E-state index in [-0.39, 0.29) is 5.56 Å². The van der Waals surface area contributed by atoms with Crippen LogP contribution in [0.3, 0.4) is 0 Å². The number of aromatic carboxylic acids is 1. The van der Waals surface area contributed by atoms with E-state index in [1.165, 1.54) is 0 Å². The lowest BCUT2D eigenvalue weighted by Gasteiger charge is -2.17. The molecule has 0 bridgehead atoms. The summed E-state index contributed by atoms with van der Waals surface area (Å²) >= 11 is 0. The standard InChI is InChI=1S/C13H13FO4S/c14-11-8-9(13(15)16)6-7-12(11)19(17,18)10-4-2-1-3-5-10/h2,4,6-8,10H,1,3,5H2,(H,15,16). The van der Waals surface area contributed by atoms with E-state index in [4.69, 9.17) is 5.11 Å². The molecular weight excluding hydrogens is 271 g/mol. The van der Waals surface area contributed by atoms with Gasteiger partial charge < -0.3 is 5.11 Å². The van der Waals surface area contributed by atoms with Crippen LogP contribution in [0.1, 0.15) is 29.6 Å².